The summed E-state index contributed by atoms with van der Waals surface area (Å²) in [5.41, 5.74) is -0.848. The molecule has 0 aromatic carbocycles. The fourth-order valence-electron chi connectivity index (χ4n) is 2.19. The van der Waals surface area contributed by atoms with Crippen LogP contribution in [-0.4, -0.2) is 41.3 Å². The Kier molecular flexibility index (Phi) is 2.26. The molecule has 2 aliphatic heterocycles. The van der Waals surface area contributed by atoms with Crippen molar-refractivity contribution in [2.75, 3.05) is 19.6 Å². The lowest BCUT2D eigenvalue weighted by Crippen LogP contribution is -2.55. The van der Waals surface area contributed by atoms with Crippen molar-refractivity contribution in [2.24, 2.45) is 0 Å². The first-order valence-electron chi connectivity index (χ1n) is 4.96. The average Bonchev–Trinajstić information content (AvgIpc) is 2.53. The van der Waals surface area contributed by atoms with Gasteiger partial charge in [0.1, 0.15) is 5.72 Å². The van der Waals surface area contributed by atoms with Crippen LogP contribution in [-0.2, 0) is 4.79 Å². The van der Waals surface area contributed by atoms with Crippen LogP contribution < -0.4 is 5.32 Å². The van der Waals surface area contributed by atoms with E-state index in [2.05, 4.69) is 5.32 Å². The van der Waals surface area contributed by atoms with Crippen molar-refractivity contribution >= 4 is 5.91 Å². The second-order valence-corrected chi connectivity index (χ2v) is 3.88. The van der Waals surface area contributed by atoms with E-state index in [4.69, 9.17) is 0 Å². The molecule has 4 heteroatoms. The molecular formula is C9H16N2O2. The smallest absolute Gasteiger partial charge is 0.224 e. The number of rotatable bonds is 1. The van der Waals surface area contributed by atoms with E-state index in [0.717, 1.165) is 26.1 Å². The largest absolute Gasteiger partial charge is 0.371 e. The summed E-state index contributed by atoms with van der Waals surface area (Å²) in [6, 6.07) is 0. The van der Waals surface area contributed by atoms with Crippen LogP contribution in [0.3, 0.4) is 0 Å². The first-order valence-corrected chi connectivity index (χ1v) is 4.96. The van der Waals surface area contributed by atoms with Gasteiger partial charge in [-0.15, -0.1) is 0 Å². The quantitative estimate of drug-likeness (QED) is 0.587. The molecule has 13 heavy (non-hydrogen) atoms. The predicted molar refractivity (Wildman–Crippen MR) is 48.0 cm³/mol. The van der Waals surface area contributed by atoms with Gasteiger partial charge in [-0.25, -0.2) is 0 Å². The summed E-state index contributed by atoms with van der Waals surface area (Å²) < 4.78 is 0. The maximum Gasteiger partial charge on any atom is 0.224 e. The Bertz CT molecular complexity index is 212. The molecule has 0 unspecified atom stereocenters. The highest BCUT2D eigenvalue weighted by atomic mass is 16.3. The zero-order valence-corrected chi connectivity index (χ0v) is 7.75. The zero-order chi connectivity index (χ0) is 9.31. The van der Waals surface area contributed by atoms with E-state index in [1.54, 1.807) is 4.90 Å². The van der Waals surface area contributed by atoms with Crippen molar-refractivity contribution in [3.63, 3.8) is 0 Å². The minimum Gasteiger partial charge on any atom is -0.371 e. The average molecular weight is 184 g/mol. The second-order valence-electron chi connectivity index (χ2n) is 3.88. The lowest BCUT2D eigenvalue weighted by Gasteiger charge is -2.40. The van der Waals surface area contributed by atoms with Crippen LogP contribution in [0.15, 0.2) is 0 Å². The van der Waals surface area contributed by atoms with Crippen molar-refractivity contribution in [3.05, 3.63) is 0 Å². The molecule has 0 atom stereocenters. The van der Waals surface area contributed by atoms with Crippen LogP contribution in [0.1, 0.15) is 25.7 Å². The van der Waals surface area contributed by atoms with Crippen molar-refractivity contribution in [3.8, 4) is 0 Å². The summed E-state index contributed by atoms with van der Waals surface area (Å²) in [5, 5.41) is 13.4. The molecule has 2 N–H and O–H groups in total. The lowest BCUT2D eigenvalue weighted by molar-refractivity contribution is -0.159. The molecular weight excluding hydrogens is 168 g/mol. The third-order valence-corrected chi connectivity index (χ3v) is 2.98. The maximum atomic E-state index is 11.4. The summed E-state index contributed by atoms with van der Waals surface area (Å²) in [4.78, 5) is 13.1. The third kappa shape index (κ3) is 1.56. The Balaban J connectivity index is 2.07. The molecule has 2 heterocycles. The number of carbonyl (C=O) groups is 1. The fraction of sp³-hybridized carbons (Fsp3) is 0.889. The SMILES string of the molecule is O=C1CCCN1C1(O)CCNCC1. The number of carbonyl (C=O) groups excluding carboxylic acids is 1. The number of nitrogens with zero attached hydrogens (tertiary/aromatic N) is 1. The summed E-state index contributed by atoms with van der Waals surface area (Å²) in [7, 11) is 0. The van der Waals surface area contributed by atoms with E-state index < -0.39 is 5.72 Å². The number of amides is 1. The van der Waals surface area contributed by atoms with Crippen LogP contribution >= 0.6 is 0 Å². The molecule has 0 radical (unpaired) electrons. The molecule has 0 aromatic rings. The standard InChI is InChI=1S/C9H16N2O2/c12-8-2-1-7-11(8)9(13)3-5-10-6-4-9/h10,13H,1-7H2. The minimum atomic E-state index is -0.848. The van der Waals surface area contributed by atoms with Crippen LogP contribution in [0.5, 0.6) is 0 Å². The molecule has 2 saturated heterocycles. The highest BCUT2D eigenvalue weighted by Crippen LogP contribution is 2.27. The van der Waals surface area contributed by atoms with Crippen molar-refractivity contribution in [1.29, 1.82) is 0 Å². The van der Waals surface area contributed by atoms with E-state index in [-0.39, 0.29) is 5.91 Å². The van der Waals surface area contributed by atoms with E-state index in [0.29, 0.717) is 19.3 Å². The van der Waals surface area contributed by atoms with Crippen molar-refractivity contribution < 1.29 is 9.90 Å². The maximum absolute atomic E-state index is 11.4. The van der Waals surface area contributed by atoms with Gasteiger partial charge in [0.05, 0.1) is 0 Å². The summed E-state index contributed by atoms with van der Waals surface area (Å²) in [5.74, 6) is 0.115. The number of aliphatic hydroxyl groups is 1. The topological polar surface area (TPSA) is 52.6 Å². The Hall–Kier alpha value is -0.610. The molecule has 2 fully saturated rings. The van der Waals surface area contributed by atoms with Gasteiger partial charge in [0.2, 0.25) is 5.91 Å². The highest BCUT2D eigenvalue weighted by molar-refractivity contribution is 5.78. The number of piperidine rings is 1. The molecule has 1 amide bonds. The van der Waals surface area contributed by atoms with E-state index in [1.807, 2.05) is 0 Å². The number of hydrogen-bond acceptors (Lipinski definition) is 3. The van der Waals surface area contributed by atoms with Gasteiger partial charge < -0.3 is 15.3 Å². The molecule has 4 nitrogen and oxygen atoms in total. The van der Waals surface area contributed by atoms with Gasteiger partial charge in [0.25, 0.3) is 0 Å². The minimum absolute atomic E-state index is 0.115. The van der Waals surface area contributed by atoms with E-state index >= 15 is 0 Å². The molecule has 0 aliphatic carbocycles. The Labute approximate surface area is 77.9 Å². The molecule has 0 aromatic heterocycles. The van der Waals surface area contributed by atoms with Gasteiger partial charge in [-0.3, -0.25) is 4.79 Å². The Morgan fingerprint density at radius 1 is 1.38 bits per heavy atom. The van der Waals surface area contributed by atoms with Gasteiger partial charge >= 0.3 is 0 Å². The predicted octanol–water partition coefficient (Wildman–Crippen LogP) is -0.319. The van der Waals surface area contributed by atoms with E-state index in [9.17, 15) is 9.90 Å². The molecule has 0 spiro atoms. The van der Waals surface area contributed by atoms with Crippen molar-refractivity contribution in [1.82, 2.24) is 10.2 Å². The Morgan fingerprint density at radius 2 is 2.08 bits per heavy atom. The summed E-state index contributed by atoms with van der Waals surface area (Å²) in [6.45, 7) is 2.34. The molecule has 2 rings (SSSR count). The number of nitrogens with one attached hydrogen (secondary N) is 1. The zero-order valence-electron chi connectivity index (χ0n) is 7.75. The van der Waals surface area contributed by atoms with Gasteiger partial charge in [0.15, 0.2) is 0 Å². The normalized spacial score (nSPS) is 28.1. The highest BCUT2D eigenvalue weighted by Gasteiger charge is 2.40. The molecule has 0 saturated carbocycles. The van der Waals surface area contributed by atoms with E-state index in [1.165, 1.54) is 0 Å². The lowest BCUT2D eigenvalue weighted by atomic mass is 10.0. The monoisotopic (exact) mass is 184 g/mol. The van der Waals surface area contributed by atoms with Gasteiger partial charge in [-0.2, -0.15) is 0 Å². The molecule has 2 aliphatic rings. The fourth-order valence-corrected chi connectivity index (χ4v) is 2.19. The Morgan fingerprint density at radius 3 is 2.62 bits per heavy atom. The number of likely N-dealkylation sites (tertiary alicyclic amines) is 1. The first kappa shape index (κ1) is 8.97. The second kappa shape index (κ2) is 3.27. The molecule has 0 bridgehead atoms. The molecule has 74 valence electrons. The van der Waals surface area contributed by atoms with Gasteiger partial charge in [0, 0.05) is 25.8 Å². The van der Waals surface area contributed by atoms with Gasteiger partial charge in [-0.05, 0) is 19.5 Å². The van der Waals surface area contributed by atoms with Crippen LogP contribution in [0.2, 0.25) is 0 Å². The summed E-state index contributed by atoms with van der Waals surface area (Å²) in [6.07, 6.45) is 2.84. The number of hydrogen-bond donors (Lipinski definition) is 2. The third-order valence-electron chi connectivity index (χ3n) is 2.98. The van der Waals surface area contributed by atoms with Gasteiger partial charge in [-0.1, -0.05) is 0 Å². The van der Waals surface area contributed by atoms with Crippen molar-refractivity contribution in [2.45, 2.75) is 31.4 Å². The van der Waals surface area contributed by atoms with Crippen LogP contribution in [0.25, 0.3) is 0 Å². The first-order chi connectivity index (χ1) is 6.22. The van der Waals surface area contributed by atoms with Crippen LogP contribution in [0.4, 0.5) is 0 Å². The van der Waals surface area contributed by atoms with Crippen LogP contribution in [0, 0.1) is 0 Å². The summed E-state index contributed by atoms with van der Waals surface area (Å²) >= 11 is 0.